The lowest BCUT2D eigenvalue weighted by atomic mass is 10.2. The Morgan fingerprint density at radius 3 is 2.53 bits per heavy atom. The third kappa shape index (κ3) is 4.97. The van der Waals surface area contributed by atoms with Gasteiger partial charge in [-0.3, -0.25) is 9.59 Å². The Bertz CT molecular complexity index is 1190. The molecular formula is C24H23N5O2S. The number of carbonyl (C=O) groups is 2. The Hall–Kier alpha value is -3.65. The molecule has 7 nitrogen and oxygen atoms in total. The number of hydrogen-bond donors (Lipinski definition) is 2. The summed E-state index contributed by atoms with van der Waals surface area (Å²) in [6, 6.07) is 21.3. The van der Waals surface area contributed by atoms with Crippen molar-refractivity contribution in [3.05, 3.63) is 83.7 Å². The monoisotopic (exact) mass is 445 g/mol. The molecule has 1 fully saturated rings. The van der Waals surface area contributed by atoms with Crippen LogP contribution in [-0.2, 0) is 9.59 Å². The summed E-state index contributed by atoms with van der Waals surface area (Å²) in [5, 5.41) is 13.6. The summed E-state index contributed by atoms with van der Waals surface area (Å²) in [6.45, 7) is 4.07. The molecule has 0 saturated carbocycles. The second kappa shape index (κ2) is 9.65. The number of nitrogens with one attached hydrogen (secondary N) is 2. The van der Waals surface area contributed by atoms with E-state index >= 15 is 0 Å². The van der Waals surface area contributed by atoms with Crippen molar-refractivity contribution in [3.63, 3.8) is 0 Å². The van der Waals surface area contributed by atoms with Crippen molar-refractivity contribution in [2.75, 3.05) is 5.32 Å². The van der Waals surface area contributed by atoms with Gasteiger partial charge in [-0.1, -0.05) is 48.2 Å². The zero-order chi connectivity index (χ0) is 22.5. The summed E-state index contributed by atoms with van der Waals surface area (Å²) in [6.07, 6.45) is 1.74. The van der Waals surface area contributed by atoms with Crippen molar-refractivity contribution in [2.45, 2.75) is 25.5 Å². The van der Waals surface area contributed by atoms with Gasteiger partial charge in [-0.2, -0.15) is 5.10 Å². The van der Waals surface area contributed by atoms with Gasteiger partial charge in [0.2, 0.25) is 11.8 Å². The summed E-state index contributed by atoms with van der Waals surface area (Å²) in [5.41, 5.74) is 4.88. The molecule has 32 heavy (non-hydrogen) atoms. The van der Waals surface area contributed by atoms with E-state index in [9.17, 15) is 9.59 Å². The van der Waals surface area contributed by atoms with Crippen LogP contribution in [0.4, 0.5) is 5.69 Å². The van der Waals surface area contributed by atoms with Crippen molar-refractivity contribution in [3.8, 4) is 5.69 Å². The Kier molecular flexibility index (Phi) is 6.51. The van der Waals surface area contributed by atoms with Crippen molar-refractivity contribution in [2.24, 2.45) is 10.2 Å². The van der Waals surface area contributed by atoms with Crippen LogP contribution in [0.15, 0.2) is 76.9 Å². The van der Waals surface area contributed by atoms with Crippen LogP contribution in [0.25, 0.3) is 5.69 Å². The topological polar surface area (TPSA) is 87.8 Å². The molecule has 2 amide bonds. The molecule has 2 heterocycles. The molecule has 1 saturated heterocycles. The van der Waals surface area contributed by atoms with E-state index in [1.165, 1.54) is 11.8 Å². The number of carbonyl (C=O) groups excluding carboxylic acids is 2. The van der Waals surface area contributed by atoms with Crippen LogP contribution in [0.1, 0.15) is 23.4 Å². The molecule has 2 aromatic carbocycles. The SMILES string of the molecule is Cc1cc(/C=N\N=C2\NC(=O)[C@H](CC(=O)Nc3ccccc3)S2)c(C)n1-c1ccccc1. The Morgan fingerprint density at radius 1 is 1.12 bits per heavy atom. The molecule has 1 aliphatic heterocycles. The quantitative estimate of drug-likeness (QED) is 0.443. The molecule has 0 spiro atoms. The van der Waals surface area contributed by atoms with Crippen LogP contribution in [0.5, 0.6) is 0 Å². The number of rotatable bonds is 6. The number of para-hydroxylation sites is 2. The van der Waals surface area contributed by atoms with Crippen LogP contribution >= 0.6 is 11.8 Å². The number of amidine groups is 1. The minimum atomic E-state index is -0.532. The second-order valence-corrected chi connectivity index (χ2v) is 8.55. The zero-order valence-corrected chi connectivity index (χ0v) is 18.6. The molecule has 1 aromatic heterocycles. The van der Waals surface area contributed by atoms with E-state index in [0.29, 0.717) is 10.9 Å². The molecule has 0 unspecified atom stereocenters. The molecule has 3 aromatic rings. The first-order chi connectivity index (χ1) is 15.5. The fourth-order valence-electron chi connectivity index (χ4n) is 3.52. The maximum absolute atomic E-state index is 12.2. The highest BCUT2D eigenvalue weighted by Crippen LogP contribution is 2.23. The smallest absolute Gasteiger partial charge is 0.240 e. The second-order valence-electron chi connectivity index (χ2n) is 7.36. The lowest BCUT2D eigenvalue weighted by Gasteiger charge is -2.08. The number of aromatic nitrogens is 1. The third-order valence-electron chi connectivity index (χ3n) is 5.03. The van der Waals surface area contributed by atoms with E-state index in [0.717, 1.165) is 22.6 Å². The molecule has 0 bridgehead atoms. The highest BCUT2D eigenvalue weighted by molar-refractivity contribution is 8.15. The average molecular weight is 446 g/mol. The number of nitrogens with zero attached hydrogens (tertiary/aromatic N) is 3. The van der Waals surface area contributed by atoms with Crippen LogP contribution < -0.4 is 10.6 Å². The highest BCUT2D eigenvalue weighted by Gasteiger charge is 2.32. The molecule has 1 aliphatic rings. The van der Waals surface area contributed by atoms with Gasteiger partial charge in [0.1, 0.15) is 5.25 Å². The van der Waals surface area contributed by atoms with Gasteiger partial charge in [0.15, 0.2) is 5.17 Å². The highest BCUT2D eigenvalue weighted by atomic mass is 32.2. The van der Waals surface area contributed by atoms with Crippen molar-refractivity contribution < 1.29 is 9.59 Å². The first-order valence-electron chi connectivity index (χ1n) is 10.2. The molecule has 2 N–H and O–H groups in total. The fraction of sp³-hybridized carbons (Fsp3) is 0.167. The van der Waals surface area contributed by atoms with Gasteiger partial charge in [-0.05, 0) is 44.2 Å². The van der Waals surface area contributed by atoms with E-state index < -0.39 is 5.25 Å². The van der Waals surface area contributed by atoms with Crippen molar-refractivity contribution in [1.82, 2.24) is 9.88 Å². The van der Waals surface area contributed by atoms with Gasteiger partial charge in [-0.25, -0.2) is 0 Å². The van der Waals surface area contributed by atoms with Gasteiger partial charge >= 0.3 is 0 Å². The summed E-state index contributed by atoms with van der Waals surface area (Å²) < 4.78 is 2.15. The summed E-state index contributed by atoms with van der Waals surface area (Å²) in [7, 11) is 0. The minimum Gasteiger partial charge on any atom is -0.326 e. The lowest BCUT2D eigenvalue weighted by molar-refractivity contribution is -0.122. The number of hydrogen-bond acceptors (Lipinski definition) is 5. The van der Waals surface area contributed by atoms with Crippen LogP contribution in [-0.4, -0.2) is 33.0 Å². The number of aryl methyl sites for hydroxylation is 1. The Labute approximate surface area is 190 Å². The molecule has 1 atom stereocenters. The van der Waals surface area contributed by atoms with Crippen LogP contribution in [0.3, 0.4) is 0 Å². The van der Waals surface area contributed by atoms with Gasteiger partial charge < -0.3 is 15.2 Å². The van der Waals surface area contributed by atoms with Crippen LogP contribution in [0.2, 0.25) is 0 Å². The predicted octanol–water partition coefficient (Wildman–Crippen LogP) is 4.04. The van der Waals surface area contributed by atoms with Gasteiger partial charge in [0, 0.05) is 34.7 Å². The normalized spacial score (nSPS) is 17.1. The van der Waals surface area contributed by atoms with Crippen LogP contribution in [0, 0.1) is 13.8 Å². The number of anilines is 1. The molecule has 8 heteroatoms. The van der Waals surface area contributed by atoms with E-state index in [1.54, 1.807) is 18.3 Å². The van der Waals surface area contributed by atoms with E-state index in [4.69, 9.17) is 0 Å². The Balaban J connectivity index is 1.39. The summed E-state index contributed by atoms with van der Waals surface area (Å²) in [5.74, 6) is -0.462. The molecule has 0 aliphatic carbocycles. The summed E-state index contributed by atoms with van der Waals surface area (Å²) in [4.78, 5) is 24.4. The first kappa shape index (κ1) is 21.6. The first-order valence-corrected chi connectivity index (χ1v) is 11.1. The number of benzene rings is 2. The van der Waals surface area contributed by atoms with E-state index in [2.05, 4.69) is 37.5 Å². The fourth-order valence-corrected chi connectivity index (χ4v) is 4.45. The average Bonchev–Trinajstić information content (AvgIpc) is 3.27. The molecular weight excluding hydrogens is 422 g/mol. The molecule has 4 rings (SSSR count). The largest absolute Gasteiger partial charge is 0.326 e. The zero-order valence-electron chi connectivity index (χ0n) is 17.8. The maximum atomic E-state index is 12.2. The number of amides is 2. The minimum absolute atomic E-state index is 0.0619. The number of thioether (sulfide) groups is 1. The molecule has 162 valence electrons. The molecule has 0 radical (unpaired) electrons. The predicted molar refractivity (Wildman–Crippen MR) is 129 cm³/mol. The van der Waals surface area contributed by atoms with Gasteiger partial charge in [0.25, 0.3) is 0 Å². The van der Waals surface area contributed by atoms with Crippen molar-refractivity contribution >= 4 is 40.6 Å². The maximum Gasteiger partial charge on any atom is 0.240 e. The van der Waals surface area contributed by atoms with Gasteiger partial charge in [-0.15, -0.1) is 5.10 Å². The third-order valence-corrected chi connectivity index (χ3v) is 6.11. The summed E-state index contributed by atoms with van der Waals surface area (Å²) >= 11 is 1.21. The Morgan fingerprint density at radius 2 is 1.81 bits per heavy atom. The van der Waals surface area contributed by atoms with E-state index in [1.807, 2.05) is 56.3 Å². The van der Waals surface area contributed by atoms with Gasteiger partial charge in [0.05, 0.1) is 6.21 Å². The van der Waals surface area contributed by atoms with E-state index in [-0.39, 0.29) is 18.2 Å². The standard InChI is InChI=1S/C24H23N5O2S/c1-16-13-18(17(2)29(16)20-11-7-4-8-12-20)15-25-28-24-27-23(31)21(32-24)14-22(30)26-19-9-5-3-6-10-19/h3-13,15,21H,14H2,1-2H3,(H,26,30)(H,27,28,31)/b25-15-/t21-/m0/s1. The van der Waals surface area contributed by atoms with Crippen molar-refractivity contribution in [1.29, 1.82) is 0 Å². The lowest BCUT2D eigenvalue weighted by Crippen LogP contribution is -2.28.